The zero-order valence-corrected chi connectivity index (χ0v) is 21.1. The molecule has 34 heavy (non-hydrogen) atoms. The first-order valence-corrected chi connectivity index (χ1v) is 11.3. The third kappa shape index (κ3) is 4.67. The second kappa shape index (κ2) is 9.68. The molecule has 2 aromatic heterocycles. The first-order chi connectivity index (χ1) is 16.3. The van der Waals surface area contributed by atoms with E-state index in [1.807, 2.05) is 44.2 Å². The largest absolute Gasteiger partial charge is 0.497 e. The number of carbonyl (C=O) groups excluding carboxylic acids is 1. The molecular formula is C24H24BrN5O4. The molecule has 4 aromatic rings. The van der Waals surface area contributed by atoms with E-state index in [4.69, 9.17) is 13.9 Å². The molecule has 0 bridgehead atoms. The van der Waals surface area contributed by atoms with Crippen LogP contribution in [0.2, 0.25) is 0 Å². The molecule has 0 aliphatic heterocycles. The highest BCUT2D eigenvalue weighted by Gasteiger charge is 2.20. The third-order valence-corrected chi connectivity index (χ3v) is 6.33. The minimum absolute atomic E-state index is 0.249. The van der Waals surface area contributed by atoms with Gasteiger partial charge in [-0.15, -0.1) is 5.10 Å². The second-order valence-corrected chi connectivity index (χ2v) is 8.54. The smallest absolute Gasteiger partial charge is 0.278 e. The van der Waals surface area contributed by atoms with Crippen LogP contribution in [0.3, 0.4) is 0 Å². The molecule has 9 nitrogen and oxygen atoms in total. The van der Waals surface area contributed by atoms with Gasteiger partial charge in [-0.25, -0.2) is 9.67 Å². The average Bonchev–Trinajstić information content (AvgIpc) is 3.38. The van der Waals surface area contributed by atoms with Gasteiger partial charge in [-0.1, -0.05) is 21.1 Å². The highest BCUT2D eigenvalue weighted by molar-refractivity contribution is 9.10. The molecule has 0 aliphatic rings. The molecule has 10 heteroatoms. The van der Waals surface area contributed by atoms with E-state index in [1.165, 1.54) is 0 Å². The zero-order valence-electron chi connectivity index (χ0n) is 19.5. The number of amides is 1. The number of hydrogen-bond acceptors (Lipinski definition) is 7. The van der Waals surface area contributed by atoms with Crippen molar-refractivity contribution in [1.82, 2.24) is 20.0 Å². The van der Waals surface area contributed by atoms with Gasteiger partial charge in [-0.3, -0.25) is 4.79 Å². The Morgan fingerprint density at radius 3 is 2.62 bits per heavy atom. The molecule has 4 rings (SSSR count). The Hall–Kier alpha value is -3.66. The van der Waals surface area contributed by atoms with E-state index >= 15 is 0 Å². The van der Waals surface area contributed by atoms with E-state index in [9.17, 15) is 4.79 Å². The molecule has 2 aromatic carbocycles. The number of aromatic nitrogens is 4. The van der Waals surface area contributed by atoms with E-state index in [0.29, 0.717) is 52.3 Å². The molecule has 0 aliphatic carbocycles. The standard InChI is InChI=1S/C24H24BrN5O4/c1-13-10-16(6-9-19(13)25)26-23(31)22-14(2)30(29-28-22)12-20-15(3)34-24(27-20)18-8-7-17(32-4)11-21(18)33-5/h6-11H,12H2,1-5H3,(H,26,31). The highest BCUT2D eigenvalue weighted by atomic mass is 79.9. The minimum atomic E-state index is -0.328. The van der Waals surface area contributed by atoms with Gasteiger partial charge in [0.1, 0.15) is 23.0 Å². The Balaban J connectivity index is 1.55. The van der Waals surface area contributed by atoms with E-state index < -0.39 is 0 Å². The summed E-state index contributed by atoms with van der Waals surface area (Å²) in [4.78, 5) is 17.4. The molecular weight excluding hydrogens is 502 g/mol. The van der Waals surface area contributed by atoms with Gasteiger partial charge in [0.25, 0.3) is 5.91 Å². The van der Waals surface area contributed by atoms with Crippen LogP contribution < -0.4 is 14.8 Å². The van der Waals surface area contributed by atoms with Crippen molar-refractivity contribution in [2.24, 2.45) is 0 Å². The van der Waals surface area contributed by atoms with Crippen LogP contribution >= 0.6 is 15.9 Å². The van der Waals surface area contributed by atoms with E-state index in [0.717, 1.165) is 10.0 Å². The summed E-state index contributed by atoms with van der Waals surface area (Å²) in [5.41, 5.74) is 3.96. The molecule has 0 fully saturated rings. The predicted octanol–water partition coefficient (Wildman–Crippen LogP) is 4.94. The Morgan fingerprint density at radius 2 is 1.91 bits per heavy atom. The van der Waals surface area contributed by atoms with E-state index in [1.54, 1.807) is 31.9 Å². The summed E-state index contributed by atoms with van der Waals surface area (Å²) in [5.74, 6) is 2.00. The summed E-state index contributed by atoms with van der Waals surface area (Å²) in [7, 11) is 3.17. The summed E-state index contributed by atoms with van der Waals surface area (Å²) in [5, 5.41) is 11.1. The van der Waals surface area contributed by atoms with E-state index in [-0.39, 0.29) is 11.6 Å². The monoisotopic (exact) mass is 525 g/mol. The number of nitrogens with zero attached hydrogens (tertiary/aromatic N) is 4. The van der Waals surface area contributed by atoms with Crippen LogP contribution in [0, 0.1) is 20.8 Å². The van der Waals surface area contributed by atoms with Gasteiger partial charge >= 0.3 is 0 Å². The molecule has 176 valence electrons. The number of oxazole rings is 1. The SMILES string of the molecule is COc1ccc(-c2nc(Cn3nnc(C(=O)Nc4ccc(Br)c(C)c4)c3C)c(C)o2)c(OC)c1. The topological polar surface area (TPSA) is 104 Å². The Labute approximate surface area is 205 Å². The Bertz CT molecular complexity index is 1360. The van der Waals surface area contributed by atoms with Gasteiger partial charge in [0.15, 0.2) is 5.69 Å². The second-order valence-electron chi connectivity index (χ2n) is 7.69. The summed E-state index contributed by atoms with van der Waals surface area (Å²) < 4.78 is 19.2. The lowest BCUT2D eigenvalue weighted by atomic mass is 10.2. The van der Waals surface area contributed by atoms with Crippen molar-refractivity contribution in [3.8, 4) is 23.0 Å². The molecule has 0 unspecified atom stereocenters. The van der Waals surface area contributed by atoms with Crippen molar-refractivity contribution in [2.75, 3.05) is 19.5 Å². The Kier molecular flexibility index (Phi) is 6.69. The summed E-state index contributed by atoms with van der Waals surface area (Å²) in [6.45, 7) is 5.89. The Morgan fingerprint density at radius 1 is 1.12 bits per heavy atom. The lowest BCUT2D eigenvalue weighted by Gasteiger charge is -2.07. The van der Waals surface area contributed by atoms with Crippen molar-refractivity contribution in [1.29, 1.82) is 0 Å². The van der Waals surface area contributed by atoms with Gasteiger partial charge in [0.05, 0.1) is 32.0 Å². The van der Waals surface area contributed by atoms with Crippen LogP contribution in [0.25, 0.3) is 11.5 Å². The van der Waals surface area contributed by atoms with E-state index in [2.05, 4.69) is 36.5 Å². The van der Waals surface area contributed by atoms with Crippen LogP contribution in [0.4, 0.5) is 5.69 Å². The third-order valence-electron chi connectivity index (χ3n) is 5.44. The first kappa shape index (κ1) is 23.5. The molecule has 0 saturated carbocycles. The lowest BCUT2D eigenvalue weighted by molar-refractivity contribution is 0.102. The molecule has 0 spiro atoms. The summed E-state index contributed by atoms with van der Waals surface area (Å²) in [6, 6.07) is 11.0. The van der Waals surface area contributed by atoms with Gasteiger partial charge in [0, 0.05) is 16.2 Å². The maximum Gasteiger partial charge on any atom is 0.278 e. The fourth-order valence-corrected chi connectivity index (χ4v) is 3.69. The summed E-state index contributed by atoms with van der Waals surface area (Å²) >= 11 is 3.46. The number of methoxy groups -OCH3 is 2. The summed E-state index contributed by atoms with van der Waals surface area (Å²) in [6.07, 6.45) is 0. The van der Waals surface area contributed by atoms with Crippen LogP contribution in [-0.4, -0.2) is 40.1 Å². The normalized spacial score (nSPS) is 10.9. The number of aryl methyl sites for hydroxylation is 2. The maximum atomic E-state index is 12.8. The molecule has 2 heterocycles. The fraction of sp³-hybridized carbons (Fsp3) is 0.250. The van der Waals surface area contributed by atoms with Crippen molar-refractivity contribution in [3.05, 3.63) is 69.3 Å². The number of halogens is 1. The fourth-order valence-electron chi connectivity index (χ4n) is 3.44. The zero-order chi connectivity index (χ0) is 24.4. The number of benzene rings is 2. The number of rotatable bonds is 7. The quantitative estimate of drug-likeness (QED) is 0.364. The number of carbonyl (C=O) groups is 1. The number of nitrogens with one attached hydrogen (secondary N) is 1. The average molecular weight is 526 g/mol. The van der Waals surface area contributed by atoms with Crippen molar-refractivity contribution >= 4 is 27.5 Å². The van der Waals surface area contributed by atoms with Crippen LogP contribution in [0.15, 0.2) is 45.3 Å². The molecule has 1 amide bonds. The van der Waals surface area contributed by atoms with Crippen molar-refractivity contribution < 1.29 is 18.7 Å². The lowest BCUT2D eigenvalue weighted by Crippen LogP contribution is -2.14. The van der Waals surface area contributed by atoms with Gasteiger partial charge in [0.2, 0.25) is 5.89 Å². The van der Waals surface area contributed by atoms with Crippen LogP contribution in [0.5, 0.6) is 11.5 Å². The van der Waals surface area contributed by atoms with Crippen LogP contribution in [-0.2, 0) is 6.54 Å². The van der Waals surface area contributed by atoms with Gasteiger partial charge < -0.3 is 19.2 Å². The maximum absolute atomic E-state index is 12.8. The van der Waals surface area contributed by atoms with Crippen molar-refractivity contribution in [2.45, 2.75) is 27.3 Å². The highest BCUT2D eigenvalue weighted by Crippen LogP contribution is 2.34. The van der Waals surface area contributed by atoms with Crippen LogP contribution in [0.1, 0.15) is 33.2 Å². The van der Waals surface area contributed by atoms with Crippen molar-refractivity contribution in [3.63, 3.8) is 0 Å². The van der Waals surface area contributed by atoms with Gasteiger partial charge in [-0.2, -0.15) is 0 Å². The molecule has 0 radical (unpaired) electrons. The molecule has 1 N–H and O–H groups in total. The first-order valence-electron chi connectivity index (χ1n) is 10.5. The number of ether oxygens (including phenoxy) is 2. The number of anilines is 1. The molecule has 0 saturated heterocycles. The molecule has 0 atom stereocenters. The predicted molar refractivity (Wildman–Crippen MR) is 130 cm³/mol. The van der Waals surface area contributed by atoms with Gasteiger partial charge in [-0.05, 0) is 56.7 Å². The number of hydrogen-bond donors (Lipinski definition) is 1. The minimum Gasteiger partial charge on any atom is -0.497 e.